The number of likely N-dealkylation sites (N-methyl/N-ethyl adjacent to an activating group) is 1. The first-order valence-corrected chi connectivity index (χ1v) is 25.3. The Hall–Kier alpha value is -4.99. The number of rotatable bonds is 18. The highest BCUT2D eigenvalue weighted by molar-refractivity contribution is 5.89. The molecule has 6 unspecified atom stereocenters. The van der Waals surface area contributed by atoms with Crippen molar-refractivity contribution in [2.75, 3.05) is 60.3 Å². The van der Waals surface area contributed by atoms with E-state index in [1.54, 1.807) is 13.2 Å². The van der Waals surface area contributed by atoms with Gasteiger partial charge in [0.15, 0.2) is 17.6 Å². The number of phenolic OH excluding ortho intramolecular Hbond substituents is 2. The van der Waals surface area contributed by atoms with Gasteiger partial charge in [0.05, 0.1) is 38.0 Å². The van der Waals surface area contributed by atoms with Crippen LogP contribution < -0.4 is 46.1 Å². The number of benzene rings is 4. The number of aromatic hydroxyl groups is 2. The van der Waals surface area contributed by atoms with E-state index in [2.05, 4.69) is 71.5 Å². The third kappa shape index (κ3) is 9.16. The number of nitrogens with zero attached hydrogens (tertiary/aromatic N) is 1. The van der Waals surface area contributed by atoms with Gasteiger partial charge in [0.25, 0.3) is 0 Å². The van der Waals surface area contributed by atoms with Crippen LogP contribution in [0.5, 0.6) is 28.7 Å². The van der Waals surface area contributed by atoms with Crippen LogP contribution in [0.4, 0.5) is 0 Å². The molecule has 4 aromatic rings. The van der Waals surface area contributed by atoms with Gasteiger partial charge < -0.3 is 55.3 Å². The zero-order valence-corrected chi connectivity index (χ0v) is 40.9. The van der Waals surface area contributed by atoms with Crippen LogP contribution in [0.2, 0.25) is 0 Å². The number of methoxy groups -OCH3 is 1. The number of nitrogens with one attached hydrogen (secondary N) is 4. The van der Waals surface area contributed by atoms with Gasteiger partial charge in [-0.3, -0.25) is 10.3 Å². The van der Waals surface area contributed by atoms with Crippen LogP contribution in [0.25, 0.3) is 23.3 Å². The first kappa shape index (κ1) is 47.7. The molecule has 0 aromatic heterocycles. The average molecular weight is 942 g/mol. The number of fused-ring (bicyclic) bond motifs is 8. The molecular formula is C56H71N5O8. The van der Waals surface area contributed by atoms with Crippen LogP contribution in [0.15, 0.2) is 59.1 Å². The summed E-state index contributed by atoms with van der Waals surface area (Å²) in [7, 11) is 3.53. The third-order valence-corrected chi connectivity index (χ3v) is 15.6. The minimum Gasteiger partial charge on any atom is -0.507 e. The lowest BCUT2D eigenvalue weighted by atomic mass is 9.62. The van der Waals surface area contributed by atoms with Crippen LogP contribution >= 0.6 is 0 Å². The average Bonchev–Trinajstić information content (AvgIpc) is 4.04. The molecule has 10 rings (SSSR count). The SMILES string of the molecule is CNCC1=Cc2c(O)ccc3c2C(Cc2c4c(c5c(c2-3)OC(CO)CC5)OC(c2ccc(O)c(OC)c2)C(CNCNCC(C)(O)CC(C)C)(OCNC2CCCC2)C4)C1c1ccc2c(c1)=CCN=2. The molecule has 0 spiro atoms. The van der Waals surface area contributed by atoms with Crippen LogP contribution in [0.3, 0.4) is 0 Å². The van der Waals surface area contributed by atoms with E-state index in [0.717, 1.165) is 79.4 Å². The highest BCUT2D eigenvalue weighted by Gasteiger charge is 2.51. The van der Waals surface area contributed by atoms with Crippen molar-refractivity contribution >= 4 is 12.2 Å². The summed E-state index contributed by atoms with van der Waals surface area (Å²) < 4.78 is 27.6. The van der Waals surface area contributed by atoms with Crippen molar-refractivity contribution in [1.82, 2.24) is 21.3 Å². The Labute approximate surface area is 406 Å². The molecule has 0 radical (unpaired) electrons. The molecule has 3 heterocycles. The normalized spacial score (nSPS) is 24.1. The monoisotopic (exact) mass is 942 g/mol. The first-order chi connectivity index (χ1) is 33.4. The fraction of sp³-hybridized carbons (Fsp3) is 0.518. The van der Waals surface area contributed by atoms with Gasteiger partial charge in [-0.1, -0.05) is 51.0 Å². The summed E-state index contributed by atoms with van der Waals surface area (Å²) >= 11 is 0. The maximum absolute atomic E-state index is 11.7. The molecule has 13 heteroatoms. The fourth-order valence-electron chi connectivity index (χ4n) is 12.6. The number of ether oxygens (including phenoxy) is 4. The van der Waals surface area contributed by atoms with Gasteiger partial charge >= 0.3 is 0 Å². The largest absolute Gasteiger partial charge is 0.507 e. The number of hydrogen-bond donors (Lipinski definition) is 8. The number of hydrogen-bond acceptors (Lipinski definition) is 13. The zero-order chi connectivity index (χ0) is 48.0. The van der Waals surface area contributed by atoms with E-state index in [9.17, 15) is 20.4 Å². The Bertz CT molecular complexity index is 2730. The summed E-state index contributed by atoms with van der Waals surface area (Å²) in [4.78, 5) is 4.72. The highest BCUT2D eigenvalue weighted by atomic mass is 16.6. The van der Waals surface area contributed by atoms with Crippen molar-refractivity contribution in [2.45, 2.75) is 120 Å². The summed E-state index contributed by atoms with van der Waals surface area (Å²) in [6, 6.07) is 16.3. The van der Waals surface area contributed by atoms with Gasteiger partial charge in [-0.05, 0) is 139 Å². The second-order valence-corrected chi connectivity index (χ2v) is 21.1. The summed E-state index contributed by atoms with van der Waals surface area (Å²) in [5.74, 6) is 2.39. The zero-order valence-electron chi connectivity index (χ0n) is 40.9. The van der Waals surface area contributed by atoms with Gasteiger partial charge in [-0.25, -0.2) is 0 Å². The molecule has 3 aliphatic carbocycles. The quantitative estimate of drug-likeness (QED) is 0.0448. The molecule has 368 valence electrons. The maximum Gasteiger partial charge on any atom is 0.160 e. The molecule has 0 saturated heterocycles. The number of aliphatic hydroxyl groups excluding tert-OH is 1. The van der Waals surface area contributed by atoms with Crippen molar-refractivity contribution in [1.29, 1.82) is 0 Å². The Balaban J connectivity index is 1.15. The van der Waals surface area contributed by atoms with E-state index in [1.807, 2.05) is 32.2 Å². The van der Waals surface area contributed by atoms with E-state index in [1.165, 1.54) is 24.0 Å². The van der Waals surface area contributed by atoms with Crippen molar-refractivity contribution in [3.8, 4) is 39.9 Å². The molecule has 69 heavy (non-hydrogen) atoms. The van der Waals surface area contributed by atoms with Gasteiger partial charge in [0, 0.05) is 66.9 Å². The van der Waals surface area contributed by atoms with Crippen LogP contribution in [0.1, 0.15) is 116 Å². The van der Waals surface area contributed by atoms with Crippen LogP contribution in [0, 0.1) is 5.92 Å². The minimum absolute atomic E-state index is 0.0188. The molecule has 1 saturated carbocycles. The molecular weight excluding hydrogens is 871 g/mol. The van der Waals surface area contributed by atoms with Crippen LogP contribution in [-0.2, 0) is 24.0 Å². The Kier molecular flexibility index (Phi) is 13.6. The molecule has 0 amide bonds. The Morgan fingerprint density at radius 1 is 0.942 bits per heavy atom. The second kappa shape index (κ2) is 19.7. The maximum atomic E-state index is 11.7. The van der Waals surface area contributed by atoms with E-state index in [4.69, 9.17) is 23.9 Å². The summed E-state index contributed by atoms with van der Waals surface area (Å²) in [5, 5.41) is 61.0. The molecule has 8 N–H and O–H groups in total. The lowest BCUT2D eigenvalue weighted by Crippen LogP contribution is -2.56. The third-order valence-electron chi connectivity index (χ3n) is 15.6. The molecule has 6 aliphatic rings. The van der Waals surface area contributed by atoms with E-state index >= 15 is 0 Å². The van der Waals surface area contributed by atoms with Gasteiger partial charge in [0.2, 0.25) is 0 Å². The van der Waals surface area contributed by atoms with Crippen LogP contribution in [-0.4, -0.2) is 104 Å². The minimum atomic E-state index is -1.00. The lowest BCUT2D eigenvalue weighted by molar-refractivity contribution is -0.131. The smallest absolute Gasteiger partial charge is 0.160 e. The van der Waals surface area contributed by atoms with Crippen molar-refractivity contribution in [3.63, 3.8) is 0 Å². The summed E-state index contributed by atoms with van der Waals surface area (Å²) in [5.41, 5.74) is 8.43. The Morgan fingerprint density at radius 2 is 1.75 bits per heavy atom. The van der Waals surface area contributed by atoms with Gasteiger partial charge in [0.1, 0.15) is 29.0 Å². The fourth-order valence-corrected chi connectivity index (χ4v) is 12.6. The molecule has 13 nitrogen and oxygen atoms in total. The molecule has 3 aliphatic heterocycles. The lowest BCUT2D eigenvalue weighted by Gasteiger charge is -2.48. The molecule has 6 atom stereocenters. The first-order valence-electron chi connectivity index (χ1n) is 25.3. The van der Waals surface area contributed by atoms with E-state index < -0.39 is 23.4 Å². The standard InChI is InChI=1S/C56H71N5O8/c1-32(2)24-55(3,65)28-58-30-59-29-56(67-31-61-37-8-6-7-9-37)25-44-41-23-43-49(34-10-15-45-33(20-34)18-19-60-45)36(26-57-4)21-42-46(63)17-14-39(50(42)43)51(41)53-40(13-12-38(27-62)68-53)52(44)69-54(56)35-11-16-47(64)48(22-35)66-5/h10-11,14-18,20-22,32,37-38,43,49,54,57-59,61-65H,6-9,12-13,19,23-31H2,1-5H3. The van der Waals surface area contributed by atoms with Crippen molar-refractivity contribution in [3.05, 3.63) is 104 Å². The van der Waals surface area contributed by atoms with Gasteiger partial charge in [-0.2, -0.15) is 0 Å². The topological polar surface area (TPSA) is 178 Å². The highest BCUT2D eigenvalue weighted by Crippen LogP contribution is 2.61. The summed E-state index contributed by atoms with van der Waals surface area (Å²) in [6.07, 6.45) is 10.9. The number of aliphatic hydroxyl groups is 2. The van der Waals surface area contributed by atoms with E-state index in [0.29, 0.717) is 89.4 Å². The number of phenols is 2. The predicted molar refractivity (Wildman–Crippen MR) is 268 cm³/mol. The van der Waals surface area contributed by atoms with Crippen molar-refractivity contribution < 1.29 is 39.4 Å². The molecule has 1 fully saturated rings. The summed E-state index contributed by atoms with van der Waals surface area (Å²) in [6.45, 7) is 8.85. The second-order valence-electron chi connectivity index (χ2n) is 21.1. The van der Waals surface area contributed by atoms with E-state index in [-0.39, 0.29) is 29.9 Å². The van der Waals surface area contributed by atoms with Gasteiger partial charge in [-0.15, -0.1) is 0 Å². The predicted octanol–water partition coefficient (Wildman–Crippen LogP) is 5.77. The molecule has 0 bridgehead atoms. The Morgan fingerprint density at radius 3 is 2.54 bits per heavy atom. The molecule has 4 aromatic carbocycles. The van der Waals surface area contributed by atoms with Crippen molar-refractivity contribution in [2.24, 2.45) is 10.9 Å².